The standard InChI is InChI=1S/C32H41N5O6S/c1-20(38)35-24-9-7-21-17-28(41-2)30(42-3)31(43-4)29(21)22-8-10-25(27(39)18-23(22)24)36-26(11-16-44-5)32(40)34-12-6-14-37-15-13-33-19-37/h8,10,13,15,17-19,24,26H,6-7,9,11-12,14,16H2,1-5H3,(H,34,40)(H,35,38)(H,36,39)/t24-,26-/m0/s1. The van der Waals surface area contributed by atoms with E-state index >= 15 is 0 Å². The van der Waals surface area contributed by atoms with Gasteiger partial charge < -0.3 is 34.7 Å². The van der Waals surface area contributed by atoms with Crippen LogP contribution in [0, 0.1) is 0 Å². The average Bonchev–Trinajstić information content (AvgIpc) is 3.43. The van der Waals surface area contributed by atoms with Gasteiger partial charge in [-0.3, -0.25) is 14.4 Å². The highest BCUT2D eigenvalue weighted by Gasteiger charge is 2.30. The van der Waals surface area contributed by atoms with Gasteiger partial charge in [0.25, 0.3) is 0 Å². The van der Waals surface area contributed by atoms with Crippen LogP contribution in [0.3, 0.4) is 0 Å². The first-order valence-corrected chi connectivity index (χ1v) is 16.0. The molecule has 1 aromatic heterocycles. The highest BCUT2D eigenvalue weighted by atomic mass is 32.2. The van der Waals surface area contributed by atoms with Crippen LogP contribution < -0.4 is 35.6 Å². The second-order valence-electron chi connectivity index (χ2n) is 10.5. The smallest absolute Gasteiger partial charge is 0.242 e. The van der Waals surface area contributed by atoms with Crippen LogP contribution in [-0.2, 0) is 22.6 Å². The summed E-state index contributed by atoms with van der Waals surface area (Å²) in [4.78, 5) is 43.3. The Bertz CT molecular complexity index is 1510. The van der Waals surface area contributed by atoms with E-state index in [0.29, 0.717) is 54.3 Å². The van der Waals surface area contributed by atoms with Crippen LogP contribution >= 0.6 is 11.8 Å². The van der Waals surface area contributed by atoms with E-state index in [-0.39, 0.29) is 17.2 Å². The Hall–Kier alpha value is -4.19. The molecule has 1 aliphatic rings. The molecule has 3 N–H and O–H groups in total. The molecule has 2 atom stereocenters. The molecule has 0 fully saturated rings. The number of anilines is 1. The minimum atomic E-state index is -0.608. The molecule has 3 aromatic rings. The zero-order chi connectivity index (χ0) is 31.6. The number of benzene rings is 1. The van der Waals surface area contributed by atoms with E-state index in [4.69, 9.17) is 14.2 Å². The number of ether oxygens (including phenoxy) is 3. The molecular weight excluding hydrogens is 582 g/mol. The fraction of sp³-hybridized carbons (Fsp3) is 0.438. The molecule has 2 amide bonds. The van der Waals surface area contributed by atoms with Crippen molar-refractivity contribution in [2.45, 2.75) is 51.2 Å². The third-order valence-corrected chi connectivity index (χ3v) is 8.27. The summed E-state index contributed by atoms with van der Waals surface area (Å²) in [6.07, 6.45) is 9.78. The molecule has 12 heteroatoms. The number of hydrogen-bond donors (Lipinski definition) is 3. The molecule has 0 saturated heterocycles. The highest BCUT2D eigenvalue weighted by molar-refractivity contribution is 7.98. The van der Waals surface area contributed by atoms with Crippen LogP contribution in [0.4, 0.5) is 5.69 Å². The second kappa shape index (κ2) is 15.5. The van der Waals surface area contributed by atoms with Crippen molar-refractivity contribution in [2.24, 2.45) is 0 Å². The van der Waals surface area contributed by atoms with Crippen molar-refractivity contribution in [3.63, 3.8) is 0 Å². The summed E-state index contributed by atoms with van der Waals surface area (Å²) in [6, 6.07) is 5.99. The number of amides is 2. The molecule has 1 aliphatic carbocycles. The molecule has 0 aliphatic heterocycles. The number of aromatic nitrogens is 2. The summed E-state index contributed by atoms with van der Waals surface area (Å²) < 4.78 is 19.1. The number of carbonyl (C=O) groups is 2. The number of aryl methyl sites for hydroxylation is 2. The summed E-state index contributed by atoms with van der Waals surface area (Å²) in [5, 5.41) is 9.26. The van der Waals surface area contributed by atoms with Gasteiger partial charge in [-0.1, -0.05) is 6.07 Å². The Labute approximate surface area is 262 Å². The second-order valence-corrected chi connectivity index (χ2v) is 11.5. The molecule has 0 radical (unpaired) electrons. The van der Waals surface area contributed by atoms with Crippen LogP contribution in [-0.4, -0.2) is 67.3 Å². The van der Waals surface area contributed by atoms with Crippen molar-refractivity contribution in [1.82, 2.24) is 20.2 Å². The number of methoxy groups -OCH3 is 3. The van der Waals surface area contributed by atoms with Crippen LogP contribution in [0.2, 0.25) is 0 Å². The van der Waals surface area contributed by atoms with E-state index in [1.54, 1.807) is 57.7 Å². The van der Waals surface area contributed by atoms with Gasteiger partial charge in [0.1, 0.15) is 6.04 Å². The lowest BCUT2D eigenvalue weighted by Crippen LogP contribution is -2.41. The zero-order valence-electron chi connectivity index (χ0n) is 25.9. The quantitative estimate of drug-likeness (QED) is 0.229. The Balaban J connectivity index is 1.72. The van der Waals surface area contributed by atoms with Crippen LogP contribution in [0.15, 0.2) is 47.8 Å². The fourth-order valence-corrected chi connectivity index (χ4v) is 6.01. The summed E-state index contributed by atoms with van der Waals surface area (Å²) >= 11 is 1.63. The maximum absolute atomic E-state index is 13.8. The lowest BCUT2D eigenvalue weighted by Gasteiger charge is -2.19. The summed E-state index contributed by atoms with van der Waals surface area (Å²) in [7, 11) is 4.68. The highest BCUT2D eigenvalue weighted by Crippen LogP contribution is 2.50. The summed E-state index contributed by atoms with van der Waals surface area (Å²) in [5.41, 5.74) is 3.10. The topological polar surface area (TPSA) is 133 Å². The monoisotopic (exact) mass is 623 g/mol. The molecule has 1 heterocycles. The van der Waals surface area contributed by atoms with Crippen molar-refractivity contribution < 1.29 is 23.8 Å². The number of carbonyl (C=O) groups excluding carboxylic acids is 2. The SMILES string of the molecule is COc1cc2c(c(OC)c1OC)-c1ccc(N[C@@H](CCSC)C(=O)NCCCn3ccnc3)c(=O)cc1[C@@H](NC(C)=O)CC2. The van der Waals surface area contributed by atoms with Gasteiger partial charge in [-0.2, -0.15) is 11.8 Å². The first-order valence-electron chi connectivity index (χ1n) is 14.6. The van der Waals surface area contributed by atoms with E-state index in [9.17, 15) is 14.4 Å². The van der Waals surface area contributed by atoms with Crippen molar-refractivity contribution in [1.29, 1.82) is 0 Å². The average molecular weight is 624 g/mol. The van der Waals surface area contributed by atoms with Crippen molar-refractivity contribution >= 4 is 29.3 Å². The van der Waals surface area contributed by atoms with Gasteiger partial charge in [-0.05, 0) is 72.6 Å². The normalized spacial score (nSPS) is 14.3. The third kappa shape index (κ3) is 7.65. The van der Waals surface area contributed by atoms with Crippen LogP contribution in [0.5, 0.6) is 17.2 Å². The number of thioether (sulfide) groups is 1. The van der Waals surface area contributed by atoms with Gasteiger partial charge in [-0.15, -0.1) is 0 Å². The summed E-state index contributed by atoms with van der Waals surface area (Å²) in [6.45, 7) is 2.70. The van der Waals surface area contributed by atoms with Gasteiger partial charge in [-0.25, -0.2) is 4.98 Å². The van der Waals surface area contributed by atoms with Gasteiger partial charge >= 0.3 is 0 Å². The Morgan fingerprint density at radius 1 is 1.14 bits per heavy atom. The Kier molecular flexibility index (Phi) is 11.5. The fourth-order valence-electron chi connectivity index (χ4n) is 5.53. The van der Waals surface area contributed by atoms with Gasteiger partial charge in [0.2, 0.25) is 23.0 Å². The Morgan fingerprint density at radius 2 is 1.93 bits per heavy atom. The molecule has 0 saturated carbocycles. The first kappa shape index (κ1) is 32.7. The molecule has 236 valence electrons. The molecular formula is C32H41N5O6S. The van der Waals surface area contributed by atoms with E-state index in [2.05, 4.69) is 20.9 Å². The van der Waals surface area contributed by atoms with E-state index in [0.717, 1.165) is 35.4 Å². The number of imidazole rings is 1. The van der Waals surface area contributed by atoms with Crippen molar-refractivity contribution in [3.8, 4) is 28.4 Å². The molecule has 0 unspecified atom stereocenters. The lowest BCUT2D eigenvalue weighted by atomic mass is 9.95. The minimum Gasteiger partial charge on any atom is -0.493 e. The molecule has 44 heavy (non-hydrogen) atoms. The van der Waals surface area contributed by atoms with Crippen LogP contribution in [0.25, 0.3) is 11.1 Å². The lowest BCUT2D eigenvalue weighted by molar-refractivity contribution is -0.122. The van der Waals surface area contributed by atoms with E-state index in [1.165, 1.54) is 6.92 Å². The molecule has 11 nitrogen and oxygen atoms in total. The predicted molar refractivity (Wildman–Crippen MR) is 173 cm³/mol. The van der Waals surface area contributed by atoms with E-state index in [1.807, 2.05) is 29.2 Å². The van der Waals surface area contributed by atoms with Crippen molar-refractivity contribution in [2.75, 3.05) is 45.2 Å². The number of rotatable bonds is 14. The van der Waals surface area contributed by atoms with E-state index < -0.39 is 12.1 Å². The minimum absolute atomic E-state index is 0.169. The summed E-state index contributed by atoms with van der Waals surface area (Å²) in [5.74, 6) is 1.81. The molecule has 4 rings (SSSR count). The number of hydrogen-bond acceptors (Lipinski definition) is 9. The zero-order valence-corrected chi connectivity index (χ0v) is 26.7. The van der Waals surface area contributed by atoms with Crippen molar-refractivity contribution in [3.05, 3.63) is 64.3 Å². The third-order valence-electron chi connectivity index (χ3n) is 7.62. The van der Waals surface area contributed by atoms with Gasteiger partial charge in [0.15, 0.2) is 11.5 Å². The largest absolute Gasteiger partial charge is 0.493 e. The Morgan fingerprint density at radius 3 is 2.59 bits per heavy atom. The first-order chi connectivity index (χ1) is 21.3. The number of nitrogens with zero attached hydrogens (tertiary/aromatic N) is 2. The molecule has 0 spiro atoms. The molecule has 2 aromatic carbocycles. The molecule has 0 bridgehead atoms. The number of fused-ring (bicyclic) bond motifs is 3. The van der Waals surface area contributed by atoms with Gasteiger partial charge in [0, 0.05) is 38.0 Å². The predicted octanol–water partition coefficient (Wildman–Crippen LogP) is 3.80. The maximum Gasteiger partial charge on any atom is 0.242 e. The van der Waals surface area contributed by atoms with Crippen LogP contribution in [0.1, 0.15) is 43.4 Å². The number of nitrogens with one attached hydrogen (secondary N) is 3. The maximum atomic E-state index is 13.8. The van der Waals surface area contributed by atoms with Gasteiger partial charge in [0.05, 0.1) is 39.4 Å².